The van der Waals surface area contributed by atoms with Crippen LogP contribution in [0.1, 0.15) is 6.92 Å². The Morgan fingerprint density at radius 1 is 1.24 bits per heavy atom. The standard InChI is InChI=1S/C12H12O4S/c1-10(9-12(13)14)7-8-17(15,16)11-5-3-2-4-6-11/h2-9H,1H3,(H,13,14). The van der Waals surface area contributed by atoms with E-state index in [-0.39, 0.29) is 4.90 Å². The van der Waals surface area contributed by atoms with Gasteiger partial charge in [-0.2, -0.15) is 0 Å². The molecule has 0 aromatic heterocycles. The van der Waals surface area contributed by atoms with Crippen LogP contribution in [0.3, 0.4) is 0 Å². The van der Waals surface area contributed by atoms with Crippen LogP contribution in [0.25, 0.3) is 0 Å². The summed E-state index contributed by atoms with van der Waals surface area (Å²) < 4.78 is 23.5. The molecule has 90 valence electrons. The van der Waals surface area contributed by atoms with Crippen molar-refractivity contribution in [3.8, 4) is 0 Å². The van der Waals surface area contributed by atoms with E-state index in [0.29, 0.717) is 5.57 Å². The van der Waals surface area contributed by atoms with Gasteiger partial charge in [0.15, 0.2) is 9.84 Å². The lowest BCUT2D eigenvalue weighted by Gasteiger charge is -1.97. The molecule has 1 rings (SSSR count). The third kappa shape index (κ3) is 4.24. The summed E-state index contributed by atoms with van der Waals surface area (Å²) in [5.41, 5.74) is 0.358. The molecule has 17 heavy (non-hydrogen) atoms. The third-order valence-electron chi connectivity index (χ3n) is 1.93. The minimum atomic E-state index is -3.51. The zero-order valence-corrected chi connectivity index (χ0v) is 10.0. The number of allylic oxidation sites excluding steroid dienone is 2. The van der Waals surface area contributed by atoms with E-state index in [1.165, 1.54) is 25.1 Å². The predicted molar refractivity (Wildman–Crippen MR) is 64.2 cm³/mol. The summed E-state index contributed by atoms with van der Waals surface area (Å²) in [6.45, 7) is 1.52. The molecule has 0 aliphatic carbocycles. The minimum Gasteiger partial charge on any atom is -0.478 e. The van der Waals surface area contributed by atoms with E-state index >= 15 is 0 Å². The maximum absolute atomic E-state index is 11.8. The quantitative estimate of drug-likeness (QED) is 0.657. The molecular formula is C12H12O4S. The molecule has 1 N–H and O–H groups in total. The summed E-state index contributed by atoms with van der Waals surface area (Å²) >= 11 is 0. The van der Waals surface area contributed by atoms with Crippen LogP contribution in [-0.2, 0) is 14.6 Å². The average molecular weight is 252 g/mol. The van der Waals surface area contributed by atoms with Gasteiger partial charge in [-0.3, -0.25) is 0 Å². The Bertz CT molecular complexity index is 553. The lowest BCUT2D eigenvalue weighted by atomic mass is 10.3. The topological polar surface area (TPSA) is 71.4 Å². The first kappa shape index (κ1) is 13.2. The molecule has 0 saturated carbocycles. The van der Waals surface area contributed by atoms with Crippen molar-refractivity contribution in [2.75, 3.05) is 0 Å². The maximum atomic E-state index is 11.8. The fraction of sp³-hybridized carbons (Fsp3) is 0.0833. The fourth-order valence-electron chi connectivity index (χ4n) is 1.13. The summed E-state index contributed by atoms with van der Waals surface area (Å²) in [7, 11) is -3.51. The lowest BCUT2D eigenvalue weighted by Crippen LogP contribution is -1.96. The summed E-state index contributed by atoms with van der Waals surface area (Å²) in [5, 5.41) is 9.47. The van der Waals surface area contributed by atoms with Crippen molar-refractivity contribution >= 4 is 15.8 Å². The molecule has 0 heterocycles. The Morgan fingerprint density at radius 2 is 1.82 bits per heavy atom. The summed E-state index contributed by atoms with van der Waals surface area (Å²) in [5.74, 6) is -1.11. The van der Waals surface area contributed by atoms with Gasteiger partial charge in [-0.15, -0.1) is 0 Å². The second-order valence-electron chi connectivity index (χ2n) is 3.39. The molecule has 0 radical (unpaired) electrons. The van der Waals surface area contributed by atoms with Gasteiger partial charge in [0.05, 0.1) is 4.90 Å². The van der Waals surface area contributed by atoms with E-state index in [1.807, 2.05) is 0 Å². The van der Waals surface area contributed by atoms with Gasteiger partial charge >= 0.3 is 5.97 Å². The molecule has 0 atom stereocenters. The molecule has 0 aliphatic heterocycles. The van der Waals surface area contributed by atoms with Gasteiger partial charge in [-0.25, -0.2) is 13.2 Å². The molecule has 4 nitrogen and oxygen atoms in total. The largest absolute Gasteiger partial charge is 0.478 e. The van der Waals surface area contributed by atoms with Gasteiger partial charge < -0.3 is 5.11 Å². The minimum absolute atomic E-state index is 0.180. The van der Waals surface area contributed by atoms with E-state index in [9.17, 15) is 13.2 Å². The van der Waals surface area contributed by atoms with E-state index in [4.69, 9.17) is 5.11 Å². The van der Waals surface area contributed by atoms with E-state index < -0.39 is 15.8 Å². The Kier molecular flexibility index (Phi) is 4.23. The molecule has 1 aromatic carbocycles. The highest BCUT2D eigenvalue weighted by Gasteiger charge is 2.08. The van der Waals surface area contributed by atoms with Crippen LogP contribution < -0.4 is 0 Å². The Morgan fingerprint density at radius 3 is 2.35 bits per heavy atom. The number of carboxylic acids is 1. The van der Waals surface area contributed by atoms with Crippen molar-refractivity contribution < 1.29 is 18.3 Å². The second-order valence-corrected chi connectivity index (χ2v) is 5.22. The van der Waals surface area contributed by atoms with Crippen LogP contribution >= 0.6 is 0 Å². The van der Waals surface area contributed by atoms with Crippen molar-refractivity contribution in [2.24, 2.45) is 0 Å². The second kappa shape index (κ2) is 5.45. The van der Waals surface area contributed by atoms with Crippen LogP contribution in [0.15, 0.2) is 58.4 Å². The molecule has 0 amide bonds. The molecule has 0 aliphatic rings. The van der Waals surface area contributed by atoms with Gasteiger partial charge in [-0.05, 0) is 30.7 Å². The van der Waals surface area contributed by atoms with Crippen molar-refractivity contribution in [3.05, 3.63) is 53.5 Å². The molecular weight excluding hydrogens is 240 g/mol. The highest BCUT2D eigenvalue weighted by Crippen LogP contribution is 2.12. The Labute approximate surface area is 99.8 Å². The van der Waals surface area contributed by atoms with Crippen LogP contribution in [0.2, 0.25) is 0 Å². The number of carboxylic acid groups (broad SMARTS) is 1. The first-order valence-electron chi connectivity index (χ1n) is 4.81. The molecule has 0 unspecified atom stereocenters. The van der Waals surface area contributed by atoms with Gasteiger partial charge in [0, 0.05) is 11.5 Å². The van der Waals surface area contributed by atoms with Crippen molar-refractivity contribution in [3.63, 3.8) is 0 Å². The fourth-order valence-corrected chi connectivity index (χ4v) is 2.22. The molecule has 0 bridgehead atoms. The third-order valence-corrected chi connectivity index (χ3v) is 3.36. The van der Waals surface area contributed by atoms with Crippen LogP contribution in [-0.4, -0.2) is 19.5 Å². The van der Waals surface area contributed by atoms with Gasteiger partial charge in [-0.1, -0.05) is 18.2 Å². The van der Waals surface area contributed by atoms with E-state index in [1.54, 1.807) is 18.2 Å². The van der Waals surface area contributed by atoms with Gasteiger partial charge in [0.25, 0.3) is 0 Å². The predicted octanol–water partition coefficient (Wildman–Crippen LogP) is 2.00. The van der Waals surface area contributed by atoms with Gasteiger partial charge in [0.1, 0.15) is 0 Å². The van der Waals surface area contributed by atoms with Crippen LogP contribution in [0, 0.1) is 0 Å². The Balaban J connectivity index is 2.96. The number of hydrogen-bond donors (Lipinski definition) is 1. The molecule has 1 aromatic rings. The highest BCUT2D eigenvalue weighted by molar-refractivity contribution is 7.94. The van der Waals surface area contributed by atoms with E-state index in [0.717, 1.165) is 11.5 Å². The van der Waals surface area contributed by atoms with E-state index in [2.05, 4.69) is 0 Å². The van der Waals surface area contributed by atoms with Crippen molar-refractivity contribution in [1.29, 1.82) is 0 Å². The maximum Gasteiger partial charge on any atom is 0.328 e. The number of carbonyl (C=O) groups is 1. The van der Waals surface area contributed by atoms with Crippen molar-refractivity contribution in [2.45, 2.75) is 11.8 Å². The summed E-state index contributed by atoms with van der Waals surface area (Å²) in [6, 6.07) is 7.94. The molecule has 0 saturated heterocycles. The molecule has 5 heteroatoms. The SMILES string of the molecule is CC(C=CS(=O)(=O)c1ccccc1)=CC(=O)O. The molecule has 0 fully saturated rings. The number of rotatable bonds is 4. The number of benzene rings is 1. The first-order valence-corrected chi connectivity index (χ1v) is 6.36. The summed E-state index contributed by atoms with van der Waals surface area (Å²) in [4.78, 5) is 10.5. The smallest absolute Gasteiger partial charge is 0.328 e. The monoisotopic (exact) mass is 252 g/mol. The average Bonchev–Trinajstić information content (AvgIpc) is 2.27. The zero-order valence-electron chi connectivity index (χ0n) is 9.20. The number of aliphatic carboxylic acids is 1. The number of sulfone groups is 1. The van der Waals surface area contributed by atoms with Crippen molar-refractivity contribution in [1.82, 2.24) is 0 Å². The zero-order chi connectivity index (χ0) is 12.9. The lowest BCUT2D eigenvalue weighted by molar-refractivity contribution is -0.131. The number of hydrogen-bond acceptors (Lipinski definition) is 3. The van der Waals surface area contributed by atoms with Gasteiger partial charge in [0.2, 0.25) is 0 Å². The summed E-state index contributed by atoms with van der Waals surface area (Å²) in [6.07, 6.45) is 2.20. The normalized spacial score (nSPS) is 12.9. The molecule has 0 spiro atoms. The van der Waals surface area contributed by atoms with Crippen LogP contribution in [0.5, 0.6) is 0 Å². The first-order chi connectivity index (χ1) is 7.92. The van der Waals surface area contributed by atoms with Crippen LogP contribution in [0.4, 0.5) is 0 Å². The highest BCUT2D eigenvalue weighted by atomic mass is 32.2. The Hall–Kier alpha value is -1.88.